The standard InChI is InChI=1S/C17H28N2O2S/c1-12(22-13(2)19-17(21)15-9-10-15)5-3-4-6-16(20)18-11-14-7-8-14/h14-16,18,20H,1-11H2,(H,19,21). The highest BCUT2D eigenvalue weighted by molar-refractivity contribution is 8.06. The van der Waals surface area contributed by atoms with Crippen molar-refractivity contribution in [1.29, 1.82) is 0 Å². The minimum atomic E-state index is -0.380. The summed E-state index contributed by atoms with van der Waals surface area (Å²) in [4.78, 5) is 12.6. The van der Waals surface area contributed by atoms with Crippen LogP contribution in [0, 0.1) is 11.8 Å². The van der Waals surface area contributed by atoms with Crippen molar-refractivity contribution in [2.45, 2.75) is 57.6 Å². The van der Waals surface area contributed by atoms with E-state index in [0.717, 1.165) is 55.9 Å². The minimum absolute atomic E-state index is 0.0927. The van der Waals surface area contributed by atoms with Gasteiger partial charge in [0.15, 0.2) is 0 Å². The number of carbonyl (C=O) groups is 1. The maximum Gasteiger partial charge on any atom is 0.227 e. The van der Waals surface area contributed by atoms with Crippen LogP contribution in [0.3, 0.4) is 0 Å². The van der Waals surface area contributed by atoms with Crippen molar-refractivity contribution in [1.82, 2.24) is 10.6 Å². The second-order valence-electron chi connectivity index (χ2n) is 6.44. The molecule has 0 aromatic heterocycles. The van der Waals surface area contributed by atoms with Crippen molar-refractivity contribution in [3.05, 3.63) is 23.1 Å². The Morgan fingerprint density at radius 2 is 1.95 bits per heavy atom. The number of carbonyl (C=O) groups excluding carboxylic acids is 1. The minimum Gasteiger partial charge on any atom is -0.379 e. The summed E-state index contributed by atoms with van der Waals surface area (Å²) in [5.41, 5.74) is 0. The first-order valence-corrected chi connectivity index (χ1v) is 9.13. The first-order valence-electron chi connectivity index (χ1n) is 8.31. The average molecular weight is 324 g/mol. The molecule has 1 atom stereocenters. The van der Waals surface area contributed by atoms with Crippen LogP contribution in [0.5, 0.6) is 0 Å². The third-order valence-electron chi connectivity index (χ3n) is 4.00. The Kier molecular flexibility index (Phi) is 6.99. The van der Waals surface area contributed by atoms with Gasteiger partial charge in [-0.15, -0.1) is 0 Å². The molecule has 124 valence electrons. The molecule has 0 heterocycles. The van der Waals surface area contributed by atoms with Crippen LogP contribution in [0.25, 0.3) is 0 Å². The maximum absolute atomic E-state index is 11.6. The molecular formula is C17H28N2O2S. The number of amides is 1. The summed E-state index contributed by atoms with van der Waals surface area (Å²) in [5.74, 6) is 1.09. The lowest BCUT2D eigenvalue weighted by Crippen LogP contribution is -2.30. The summed E-state index contributed by atoms with van der Waals surface area (Å²) in [6.07, 6.45) is 7.87. The van der Waals surface area contributed by atoms with E-state index in [1.165, 1.54) is 24.6 Å². The molecule has 2 aliphatic carbocycles. The lowest BCUT2D eigenvalue weighted by atomic mass is 10.2. The molecule has 1 amide bonds. The molecule has 0 saturated heterocycles. The second kappa shape index (κ2) is 8.75. The van der Waals surface area contributed by atoms with Gasteiger partial charge in [0.25, 0.3) is 0 Å². The molecule has 0 aliphatic heterocycles. The topological polar surface area (TPSA) is 61.4 Å². The highest BCUT2D eigenvalue weighted by Crippen LogP contribution is 2.31. The van der Waals surface area contributed by atoms with E-state index in [1.807, 2.05) is 0 Å². The zero-order valence-corrected chi connectivity index (χ0v) is 14.1. The molecule has 22 heavy (non-hydrogen) atoms. The smallest absolute Gasteiger partial charge is 0.227 e. The summed E-state index contributed by atoms with van der Waals surface area (Å²) in [6.45, 7) is 8.84. The van der Waals surface area contributed by atoms with Crippen molar-refractivity contribution in [2.75, 3.05) is 6.54 Å². The van der Waals surface area contributed by atoms with Crippen LogP contribution in [0.4, 0.5) is 0 Å². The maximum atomic E-state index is 11.6. The van der Waals surface area contributed by atoms with E-state index in [1.54, 1.807) is 0 Å². The monoisotopic (exact) mass is 324 g/mol. The van der Waals surface area contributed by atoms with Gasteiger partial charge < -0.3 is 10.4 Å². The number of unbranched alkanes of at least 4 members (excludes halogenated alkanes) is 1. The van der Waals surface area contributed by atoms with E-state index in [4.69, 9.17) is 0 Å². The predicted molar refractivity (Wildman–Crippen MR) is 91.9 cm³/mol. The zero-order valence-electron chi connectivity index (χ0n) is 13.3. The van der Waals surface area contributed by atoms with Crippen molar-refractivity contribution < 1.29 is 9.90 Å². The molecule has 2 fully saturated rings. The quantitative estimate of drug-likeness (QED) is 0.381. The number of hydrogen-bond donors (Lipinski definition) is 3. The number of hydrogen-bond acceptors (Lipinski definition) is 4. The number of thioether (sulfide) groups is 1. The van der Waals surface area contributed by atoms with Gasteiger partial charge in [-0.25, -0.2) is 0 Å². The normalized spacial score (nSPS) is 18.8. The Balaban J connectivity index is 1.45. The van der Waals surface area contributed by atoms with E-state index in [2.05, 4.69) is 23.8 Å². The molecule has 4 nitrogen and oxygen atoms in total. The summed E-state index contributed by atoms with van der Waals surface area (Å²) in [6, 6.07) is 0. The second-order valence-corrected chi connectivity index (χ2v) is 7.71. The first kappa shape index (κ1) is 17.6. The van der Waals surface area contributed by atoms with E-state index < -0.39 is 0 Å². The fourth-order valence-electron chi connectivity index (χ4n) is 2.22. The number of allylic oxidation sites excluding steroid dienone is 1. The van der Waals surface area contributed by atoms with Gasteiger partial charge in [0, 0.05) is 12.5 Å². The molecule has 0 aromatic carbocycles. The average Bonchev–Trinajstić information content (AvgIpc) is 3.34. The molecule has 0 spiro atoms. The fraction of sp³-hybridized carbons (Fsp3) is 0.706. The molecule has 0 aromatic rings. The lowest BCUT2D eigenvalue weighted by molar-refractivity contribution is -0.121. The number of rotatable bonds is 12. The molecule has 2 aliphatic rings. The molecule has 3 N–H and O–H groups in total. The number of nitrogens with one attached hydrogen (secondary N) is 2. The molecular weight excluding hydrogens is 296 g/mol. The Bertz CT molecular complexity index is 417. The summed E-state index contributed by atoms with van der Waals surface area (Å²) in [7, 11) is 0. The van der Waals surface area contributed by atoms with Gasteiger partial charge in [0.1, 0.15) is 6.23 Å². The van der Waals surface area contributed by atoms with E-state index in [-0.39, 0.29) is 18.1 Å². The van der Waals surface area contributed by atoms with Crippen LogP contribution in [0.15, 0.2) is 23.1 Å². The van der Waals surface area contributed by atoms with E-state index >= 15 is 0 Å². The van der Waals surface area contributed by atoms with Gasteiger partial charge in [0.2, 0.25) is 5.91 Å². The largest absolute Gasteiger partial charge is 0.379 e. The highest BCUT2D eigenvalue weighted by Gasteiger charge is 2.29. The van der Waals surface area contributed by atoms with Crippen LogP contribution >= 0.6 is 11.8 Å². The van der Waals surface area contributed by atoms with Crippen LogP contribution in [0.2, 0.25) is 0 Å². The molecule has 2 rings (SSSR count). The van der Waals surface area contributed by atoms with Crippen LogP contribution in [0.1, 0.15) is 51.4 Å². The summed E-state index contributed by atoms with van der Waals surface area (Å²) >= 11 is 1.46. The van der Waals surface area contributed by atoms with Gasteiger partial charge in [-0.2, -0.15) is 0 Å². The van der Waals surface area contributed by atoms with Gasteiger partial charge >= 0.3 is 0 Å². The van der Waals surface area contributed by atoms with Gasteiger partial charge in [-0.05, 0) is 62.2 Å². The van der Waals surface area contributed by atoms with Crippen molar-refractivity contribution in [3.63, 3.8) is 0 Å². The Morgan fingerprint density at radius 3 is 2.59 bits per heavy atom. The van der Waals surface area contributed by atoms with Crippen molar-refractivity contribution in [2.24, 2.45) is 11.8 Å². The van der Waals surface area contributed by atoms with Gasteiger partial charge in [0.05, 0.1) is 5.03 Å². The number of aliphatic hydroxyl groups is 1. The molecule has 2 saturated carbocycles. The van der Waals surface area contributed by atoms with Crippen molar-refractivity contribution >= 4 is 17.7 Å². The van der Waals surface area contributed by atoms with Crippen molar-refractivity contribution in [3.8, 4) is 0 Å². The Labute approximate surface area is 137 Å². The third-order valence-corrected chi connectivity index (χ3v) is 4.84. The Morgan fingerprint density at radius 1 is 1.23 bits per heavy atom. The van der Waals surface area contributed by atoms with E-state index in [0.29, 0.717) is 5.03 Å². The van der Waals surface area contributed by atoms with Gasteiger partial charge in [-0.1, -0.05) is 24.9 Å². The SMILES string of the molecule is C=C(CCCCC(O)NCC1CC1)SC(=C)NC(=O)C1CC1. The van der Waals surface area contributed by atoms with Gasteiger partial charge in [-0.3, -0.25) is 10.1 Å². The van der Waals surface area contributed by atoms with E-state index in [9.17, 15) is 9.90 Å². The molecule has 0 bridgehead atoms. The fourth-order valence-corrected chi connectivity index (χ4v) is 2.97. The first-order chi connectivity index (χ1) is 10.5. The molecule has 1 unspecified atom stereocenters. The number of aliphatic hydroxyl groups excluding tert-OH is 1. The van der Waals surface area contributed by atoms with Crippen LogP contribution in [-0.4, -0.2) is 23.8 Å². The summed E-state index contributed by atoms with van der Waals surface area (Å²) in [5, 5.41) is 16.5. The molecule has 0 radical (unpaired) electrons. The highest BCUT2D eigenvalue weighted by atomic mass is 32.2. The third kappa shape index (κ3) is 7.47. The lowest BCUT2D eigenvalue weighted by Gasteiger charge is -2.13. The summed E-state index contributed by atoms with van der Waals surface area (Å²) < 4.78 is 0. The predicted octanol–water partition coefficient (Wildman–Crippen LogP) is 3.11. The Hall–Kier alpha value is -0.780. The molecule has 5 heteroatoms. The zero-order chi connectivity index (χ0) is 15.9. The van der Waals surface area contributed by atoms with Crippen LogP contribution < -0.4 is 10.6 Å². The van der Waals surface area contributed by atoms with Crippen LogP contribution in [-0.2, 0) is 4.79 Å².